The summed E-state index contributed by atoms with van der Waals surface area (Å²) in [7, 11) is 0. The highest BCUT2D eigenvalue weighted by Gasteiger charge is 2.15. The number of hydrogen-bond acceptors (Lipinski definition) is 6. The van der Waals surface area contributed by atoms with Crippen LogP contribution in [0, 0.1) is 11.3 Å². The van der Waals surface area contributed by atoms with Gasteiger partial charge >= 0.3 is 0 Å². The summed E-state index contributed by atoms with van der Waals surface area (Å²) in [5, 5.41) is 16.1. The van der Waals surface area contributed by atoms with Crippen molar-refractivity contribution in [3.05, 3.63) is 41.0 Å². The third-order valence-corrected chi connectivity index (χ3v) is 5.07. The molecule has 4 heterocycles. The average molecular weight is 339 g/mol. The quantitative estimate of drug-likeness (QED) is 0.729. The molecule has 1 aliphatic heterocycles. The van der Waals surface area contributed by atoms with Crippen molar-refractivity contribution in [2.75, 3.05) is 32.8 Å². The van der Waals surface area contributed by atoms with E-state index in [9.17, 15) is 5.26 Å². The molecule has 0 unspecified atom stereocenters. The van der Waals surface area contributed by atoms with Gasteiger partial charge in [0.15, 0.2) is 11.5 Å². The van der Waals surface area contributed by atoms with Crippen LogP contribution in [0.25, 0.3) is 16.2 Å². The second-order valence-corrected chi connectivity index (χ2v) is 6.64. The first-order valence-corrected chi connectivity index (χ1v) is 8.86. The number of fused-ring (bicyclic) bond motifs is 1. The summed E-state index contributed by atoms with van der Waals surface area (Å²) in [6.45, 7) is 4.41. The lowest BCUT2D eigenvalue weighted by Crippen LogP contribution is -2.37. The number of pyridine rings is 1. The molecule has 0 saturated carbocycles. The molecule has 1 fully saturated rings. The van der Waals surface area contributed by atoms with E-state index in [1.54, 1.807) is 15.9 Å². The molecule has 0 aromatic carbocycles. The summed E-state index contributed by atoms with van der Waals surface area (Å²) < 4.78 is 7.18. The van der Waals surface area contributed by atoms with Crippen LogP contribution in [-0.2, 0) is 11.2 Å². The number of ether oxygens (including phenoxy) is 1. The topological polar surface area (TPSA) is 66.5 Å². The van der Waals surface area contributed by atoms with E-state index < -0.39 is 0 Å². The number of nitriles is 1. The fourth-order valence-corrected chi connectivity index (χ4v) is 3.63. The first-order valence-electron chi connectivity index (χ1n) is 7.98. The van der Waals surface area contributed by atoms with E-state index in [2.05, 4.69) is 27.1 Å². The average Bonchev–Trinajstić information content (AvgIpc) is 3.29. The maximum absolute atomic E-state index is 9.35. The molecule has 24 heavy (non-hydrogen) atoms. The van der Waals surface area contributed by atoms with Gasteiger partial charge in [-0.05, 0) is 23.6 Å². The molecule has 0 N–H and O–H groups in total. The summed E-state index contributed by atoms with van der Waals surface area (Å²) in [6, 6.07) is 10.1. The van der Waals surface area contributed by atoms with E-state index in [1.807, 2.05) is 23.6 Å². The minimum atomic E-state index is 0.556. The van der Waals surface area contributed by atoms with Crippen molar-refractivity contribution in [1.29, 1.82) is 5.26 Å². The summed E-state index contributed by atoms with van der Waals surface area (Å²) in [5.74, 6) is 0.780. The van der Waals surface area contributed by atoms with E-state index >= 15 is 0 Å². The third kappa shape index (κ3) is 2.91. The molecule has 0 amide bonds. The van der Waals surface area contributed by atoms with Gasteiger partial charge in [-0.1, -0.05) is 6.07 Å². The van der Waals surface area contributed by atoms with Crippen LogP contribution >= 0.6 is 11.3 Å². The first-order chi connectivity index (χ1) is 11.8. The standard InChI is InChI=1S/C17H17N5OS/c18-12-13-3-4-14(15-2-1-11-24-15)22-17(13)19-16(20-22)5-6-21-7-9-23-10-8-21/h1-4,11H,5-10H2. The number of thiophene rings is 1. The van der Waals surface area contributed by atoms with Crippen LogP contribution in [0.2, 0.25) is 0 Å². The molecule has 1 saturated heterocycles. The van der Waals surface area contributed by atoms with Crippen molar-refractivity contribution in [2.24, 2.45) is 0 Å². The van der Waals surface area contributed by atoms with Crippen molar-refractivity contribution in [3.63, 3.8) is 0 Å². The van der Waals surface area contributed by atoms with Crippen LogP contribution in [0.1, 0.15) is 11.4 Å². The minimum Gasteiger partial charge on any atom is -0.379 e. The fraction of sp³-hybridized carbons (Fsp3) is 0.353. The molecule has 6 nitrogen and oxygen atoms in total. The molecular formula is C17H17N5OS. The Kier molecular flexibility index (Phi) is 4.26. The lowest BCUT2D eigenvalue weighted by Gasteiger charge is -2.25. The molecule has 0 radical (unpaired) electrons. The van der Waals surface area contributed by atoms with Crippen LogP contribution in [0.3, 0.4) is 0 Å². The molecule has 4 rings (SSSR count). The van der Waals surface area contributed by atoms with Gasteiger partial charge in [-0.3, -0.25) is 4.90 Å². The highest BCUT2D eigenvalue weighted by atomic mass is 32.1. The van der Waals surface area contributed by atoms with Gasteiger partial charge in [-0.2, -0.15) is 10.4 Å². The molecule has 3 aromatic heterocycles. The number of hydrogen-bond donors (Lipinski definition) is 0. The zero-order valence-corrected chi connectivity index (χ0v) is 14.0. The molecular weight excluding hydrogens is 322 g/mol. The van der Waals surface area contributed by atoms with Gasteiger partial charge in [-0.25, -0.2) is 9.50 Å². The molecule has 3 aromatic rings. The van der Waals surface area contributed by atoms with Crippen molar-refractivity contribution < 1.29 is 4.74 Å². The van der Waals surface area contributed by atoms with Gasteiger partial charge < -0.3 is 4.74 Å². The lowest BCUT2D eigenvalue weighted by atomic mass is 10.2. The van der Waals surface area contributed by atoms with E-state index in [0.717, 1.165) is 55.7 Å². The molecule has 122 valence electrons. The summed E-state index contributed by atoms with van der Waals surface area (Å²) >= 11 is 1.66. The zero-order chi connectivity index (χ0) is 16.4. The van der Waals surface area contributed by atoms with Gasteiger partial charge in [0, 0.05) is 26.1 Å². The summed E-state index contributed by atoms with van der Waals surface area (Å²) in [5.41, 5.74) is 2.17. The van der Waals surface area contributed by atoms with Gasteiger partial charge in [0.05, 0.1) is 29.3 Å². The molecule has 1 aliphatic rings. The van der Waals surface area contributed by atoms with Crippen LogP contribution in [0.5, 0.6) is 0 Å². The van der Waals surface area contributed by atoms with Crippen LogP contribution < -0.4 is 0 Å². The lowest BCUT2D eigenvalue weighted by molar-refractivity contribution is 0.0382. The Morgan fingerprint density at radius 1 is 1.25 bits per heavy atom. The van der Waals surface area contributed by atoms with Crippen molar-refractivity contribution in [1.82, 2.24) is 19.5 Å². The first kappa shape index (κ1) is 15.3. The Hall–Kier alpha value is -2.27. The van der Waals surface area contributed by atoms with Crippen LogP contribution in [-0.4, -0.2) is 52.3 Å². The van der Waals surface area contributed by atoms with E-state index in [0.29, 0.717) is 11.2 Å². The smallest absolute Gasteiger partial charge is 0.174 e. The minimum absolute atomic E-state index is 0.556. The second kappa shape index (κ2) is 6.69. The van der Waals surface area contributed by atoms with Crippen molar-refractivity contribution in [2.45, 2.75) is 6.42 Å². The van der Waals surface area contributed by atoms with Crippen LogP contribution in [0.4, 0.5) is 0 Å². The molecule has 0 spiro atoms. The highest BCUT2D eigenvalue weighted by molar-refractivity contribution is 7.13. The zero-order valence-electron chi connectivity index (χ0n) is 13.2. The molecule has 0 bridgehead atoms. The largest absolute Gasteiger partial charge is 0.379 e. The number of rotatable bonds is 4. The highest BCUT2D eigenvalue weighted by Crippen LogP contribution is 2.26. The maximum Gasteiger partial charge on any atom is 0.174 e. The number of aromatic nitrogens is 3. The summed E-state index contributed by atoms with van der Waals surface area (Å²) in [4.78, 5) is 8.10. The molecule has 0 aliphatic carbocycles. The van der Waals surface area contributed by atoms with Crippen molar-refractivity contribution in [3.8, 4) is 16.6 Å². The fourth-order valence-electron chi connectivity index (χ4n) is 2.89. The molecule has 7 heteroatoms. The normalized spacial score (nSPS) is 15.6. The molecule has 0 atom stereocenters. The third-order valence-electron chi connectivity index (χ3n) is 4.18. The van der Waals surface area contributed by atoms with Crippen LogP contribution in [0.15, 0.2) is 29.6 Å². The predicted octanol–water partition coefficient (Wildman–Crippen LogP) is 2.20. The Morgan fingerprint density at radius 3 is 2.88 bits per heavy atom. The summed E-state index contributed by atoms with van der Waals surface area (Å²) in [6.07, 6.45) is 0.774. The number of nitrogens with zero attached hydrogens (tertiary/aromatic N) is 5. The van der Waals surface area contributed by atoms with Crippen molar-refractivity contribution >= 4 is 17.0 Å². The van der Waals surface area contributed by atoms with E-state index in [4.69, 9.17) is 4.74 Å². The monoisotopic (exact) mass is 339 g/mol. The Bertz CT molecular complexity index is 874. The van der Waals surface area contributed by atoms with Gasteiger partial charge in [0.25, 0.3) is 0 Å². The van der Waals surface area contributed by atoms with Gasteiger partial charge in [0.2, 0.25) is 0 Å². The Morgan fingerprint density at radius 2 is 2.12 bits per heavy atom. The SMILES string of the molecule is N#Cc1ccc(-c2cccs2)n2nc(CCN3CCOCC3)nc12. The predicted molar refractivity (Wildman–Crippen MR) is 92.0 cm³/mol. The maximum atomic E-state index is 9.35. The van der Waals surface area contributed by atoms with Gasteiger partial charge in [0.1, 0.15) is 6.07 Å². The number of morpholine rings is 1. The second-order valence-electron chi connectivity index (χ2n) is 5.69. The Balaban J connectivity index is 1.65. The van der Waals surface area contributed by atoms with E-state index in [1.165, 1.54) is 0 Å². The van der Waals surface area contributed by atoms with E-state index in [-0.39, 0.29) is 0 Å². The Labute approximate surface area is 143 Å². The van der Waals surface area contributed by atoms with Gasteiger partial charge in [-0.15, -0.1) is 11.3 Å².